The van der Waals surface area contributed by atoms with Gasteiger partial charge in [0.25, 0.3) is 5.92 Å². The van der Waals surface area contributed by atoms with Gasteiger partial charge in [-0.15, -0.1) is 0 Å². The Bertz CT molecular complexity index is 183. The number of fused-ring (bicyclic) bond motifs is 1. The van der Waals surface area contributed by atoms with Gasteiger partial charge in [-0.1, -0.05) is 0 Å². The van der Waals surface area contributed by atoms with Crippen molar-refractivity contribution in [3.63, 3.8) is 0 Å². The minimum absolute atomic E-state index is 0.525. The average molecular weight is 141 g/mol. The lowest BCUT2D eigenvalue weighted by molar-refractivity contribution is 0.0967. The van der Waals surface area contributed by atoms with Crippen molar-refractivity contribution in [2.45, 2.75) is 5.92 Å². The first-order valence-corrected chi connectivity index (χ1v) is 3.29. The van der Waals surface area contributed by atoms with Crippen LogP contribution in [0.3, 0.4) is 0 Å². The molecule has 0 radical (unpaired) electrons. The molecule has 0 aromatic carbocycles. The molecule has 2 aliphatic carbocycles. The fourth-order valence-corrected chi connectivity index (χ4v) is 1.30. The van der Waals surface area contributed by atoms with E-state index in [1.54, 1.807) is 30.7 Å². The largest absolute Gasteiger partial charge is 0.286 e. The minimum Gasteiger partial charge on any atom is -0.203 e. The molecular formula is C8H7F2+. The van der Waals surface area contributed by atoms with Gasteiger partial charge in [-0.05, 0) is 0 Å². The third kappa shape index (κ3) is 0.618. The molecule has 0 spiro atoms. The van der Waals surface area contributed by atoms with E-state index in [1.165, 1.54) is 0 Å². The first-order valence-electron chi connectivity index (χ1n) is 3.29. The first kappa shape index (κ1) is 5.96. The highest BCUT2D eigenvalue weighted by Crippen LogP contribution is 2.57. The summed E-state index contributed by atoms with van der Waals surface area (Å²) in [7, 11) is 0. The van der Waals surface area contributed by atoms with Gasteiger partial charge in [0.15, 0.2) is 0 Å². The third-order valence-electron chi connectivity index (χ3n) is 2.03. The molecule has 0 aromatic rings. The van der Waals surface area contributed by atoms with Crippen LogP contribution in [0.5, 0.6) is 0 Å². The lowest BCUT2D eigenvalue weighted by Gasteiger charge is -1.85. The molecule has 0 N–H and O–H groups in total. The number of alkyl halides is 2. The topological polar surface area (TPSA) is 0 Å². The standard InChI is InChI=1S/C8H7F2/c9-8(10)6-4-2-1-3-5-7(6)8/h1-7H/q+1. The van der Waals surface area contributed by atoms with Crippen molar-refractivity contribution in [2.75, 3.05) is 0 Å². The van der Waals surface area contributed by atoms with E-state index in [0.717, 1.165) is 0 Å². The Balaban J connectivity index is 2.23. The number of hydrogen-bond acceptors (Lipinski definition) is 0. The summed E-state index contributed by atoms with van der Waals surface area (Å²) in [6, 6.07) is 0. The molecule has 2 unspecified atom stereocenters. The number of allylic oxidation sites excluding steroid dienone is 4. The molecule has 0 saturated heterocycles. The molecule has 0 nitrogen and oxygen atoms in total. The molecule has 0 heterocycles. The number of rotatable bonds is 0. The summed E-state index contributed by atoms with van der Waals surface area (Å²) in [5, 5.41) is 0. The summed E-state index contributed by atoms with van der Waals surface area (Å²) in [5.74, 6) is -3.51. The van der Waals surface area contributed by atoms with E-state index in [9.17, 15) is 8.78 Å². The van der Waals surface area contributed by atoms with E-state index in [2.05, 4.69) is 0 Å². The SMILES string of the molecule is FC1(F)C2C=C[CH+]C=CC21. The van der Waals surface area contributed by atoms with Crippen LogP contribution in [0.4, 0.5) is 8.78 Å². The lowest BCUT2D eigenvalue weighted by atomic mass is 10.3. The predicted molar refractivity (Wildman–Crippen MR) is 34.5 cm³/mol. The van der Waals surface area contributed by atoms with Crippen LogP contribution in [0.2, 0.25) is 0 Å². The van der Waals surface area contributed by atoms with Gasteiger partial charge in [0, 0.05) is 30.7 Å². The van der Waals surface area contributed by atoms with E-state index >= 15 is 0 Å². The Kier molecular flexibility index (Phi) is 0.967. The lowest BCUT2D eigenvalue weighted by Crippen LogP contribution is -1.92. The van der Waals surface area contributed by atoms with Crippen molar-refractivity contribution in [1.29, 1.82) is 0 Å². The van der Waals surface area contributed by atoms with Crippen molar-refractivity contribution >= 4 is 0 Å². The summed E-state index contributed by atoms with van der Waals surface area (Å²) in [5.41, 5.74) is 0. The summed E-state index contributed by atoms with van der Waals surface area (Å²) in [6.07, 6.45) is 8.29. The fourth-order valence-electron chi connectivity index (χ4n) is 1.30. The second-order valence-electron chi connectivity index (χ2n) is 2.69. The molecule has 0 bridgehead atoms. The third-order valence-corrected chi connectivity index (χ3v) is 2.03. The van der Waals surface area contributed by atoms with Gasteiger partial charge >= 0.3 is 0 Å². The Morgan fingerprint density at radius 2 is 1.60 bits per heavy atom. The van der Waals surface area contributed by atoms with Crippen LogP contribution in [0.15, 0.2) is 24.3 Å². The molecule has 0 aromatic heterocycles. The highest BCUT2D eigenvalue weighted by atomic mass is 19.3. The smallest absolute Gasteiger partial charge is 0.203 e. The van der Waals surface area contributed by atoms with E-state index < -0.39 is 17.8 Å². The predicted octanol–water partition coefficient (Wildman–Crippen LogP) is 2.20. The molecule has 52 valence electrons. The molecule has 2 heteroatoms. The van der Waals surface area contributed by atoms with Crippen molar-refractivity contribution in [3.05, 3.63) is 30.7 Å². The van der Waals surface area contributed by atoms with E-state index in [4.69, 9.17) is 0 Å². The molecule has 1 saturated carbocycles. The maximum atomic E-state index is 12.6. The molecule has 1 fully saturated rings. The van der Waals surface area contributed by atoms with Crippen LogP contribution < -0.4 is 0 Å². The second-order valence-corrected chi connectivity index (χ2v) is 2.69. The molecule has 2 atom stereocenters. The van der Waals surface area contributed by atoms with Gasteiger partial charge in [0.05, 0.1) is 0 Å². The Morgan fingerprint density at radius 3 is 2.10 bits per heavy atom. The fraction of sp³-hybridized carbons (Fsp3) is 0.375. The van der Waals surface area contributed by atoms with E-state index in [1.807, 2.05) is 0 Å². The van der Waals surface area contributed by atoms with Crippen molar-refractivity contribution in [3.8, 4) is 0 Å². The van der Waals surface area contributed by atoms with Gasteiger partial charge < -0.3 is 0 Å². The zero-order valence-electron chi connectivity index (χ0n) is 5.30. The maximum absolute atomic E-state index is 12.6. The van der Waals surface area contributed by atoms with Gasteiger partial charge in [0.1, 0.15) is 11.8 Å². The molecule has 2 aliphatic rings. The molecule has 2 rings (SSSR count). The van der Waals surface area contributed by atoms with Crippen LogP contribution in [-0.2, 0) is 0 Å². The number of halogens is 2. The Labute approximate surface area is 58.2 Å². The zero-order chi connectivity index (χ0) is 7.19. The van der Waals surface area contributed by atoms with Crippen LogP contribution in [0.25, 0.3) is 0 Å². The number of hydrogen-bond donors (Lipinski definition) is 0. The maximum Gasteiger partial charge on any atom is 0.286 e. The summed E-state index contributed by atoms with van der Waals surface area (Å²) in [4.78, 5) is 0. The summed E-state index contributed by atoms with van der Waals surface area (Å²) < 4.78 is 25.1. The first-order chi connectivity index (χ1) is 4.73. The second kappa shape index (κ2) is 1.62. The van der Waals surface area contributed by atoms with Gasteiger partial charge in [0.2, 0.25) is 0 Å². The highest BCUT2D eigenvalue weighted by Gasteiger charge is 2.69. The molecule has 10 heavy (non-hydrogen) atoms. The van der Waals surface area contributed by atoms with Gasteiger partial charge in [-0.25, -0.2) is 8.78 Å². The highest BCUT2D eigenvalue weighted by molar-refractivity contribution is 5.29. The van der Waals surface area contributed by atoms with Crippen molar-refractivity contribution in [1.82, 2.24) is 0 Å². The van der Waals surface area contributed by atoms with Crippen molar-refractivity contribution < 1.29 is 8.78 Å². The van der Waals surface area contributed by atoms with Gasteiger partial charge in [-0.2, -0.15) is 0 Å². The summed E-state index contributed by atoms with van der Waals surface area (Å²) in [6.45, 7) is 0. The summed E-state index contributed by atoms with van der Waals surface area (Å²) >= 11 is 0. The normalized spacial score (nSPS) is 39.8. The van der Waals surface area contributed by atoms with Crippen LogP contribution in [0.1, 0.15) is 0 Å². The zero-order valence-corrected chi connectivity index (χ0v) is 5.30. The van der Waals surface area contributed by atoms with Crippen LogP contribution in [-0.4, -0.2) is 5.92 Å². The molecule has 0 aliphatic heterocycles. The molecule has 0 amide bonds. The van der Waals surface area contributed by atoms with Crippen molar-refractivity contribution in [2.24, 2.45) is 11.8 Å². The Morgan fingerprint density at radius 1 is 1.10 bits per heavy atom. The van der Waals surface area contributed by atoms with E-state index in [0.29, 0.717) is 0 Å². The molecular weight excluding hydrogens is 134 g/mol. The van der Waals surface area contributed by atoms with Gasteiger partial charge in [-0.3, -0.25) is 0 Å². The van der Waals surface area contributed by atoms with Crippen LogP contribution in [0, 0.1) is 18.3 Å². The Hall–Kier alpha value is -0.790. The van der Waals surface area contributed by atoms with Crippen LogP contribution >= 0.6 is 0 Å². The quantitative estimate of drug-likeness (QED) is 0.453. The monoisotopic (exact) mass is 141 g/mol. The minimum atomic E-state index is -2.46. The average Bonchev–Trinajstić information content (AvgIpc) is 2.47. The van der Waals surface area contributed by atoms with E-state index in [-0.39, 0.29) is 0 Å².